The molecule has 22 heavy (non-hydrogen) atoms. The highest BCUT2D eigenvalue weighted by Gasteiger charge is 2.15. The number of rotatable bonds is 3. The van der Waals surface area contributed by atoms with Gasteiger partial charge in [-0.25, -0.2) is 18.1 Å². The van der Waals surface area contributed by atoms with Gasteiger partial charge >= 0.3 is 5.76 Å². The minimum atomic E-state index is -0.736. The van der Waals surface area contributed by atoms with Crippen molar-refractivity contribution in [2.45, 2.75) is 4.90 Å². The standard InChI is InChI=1S/C16H11F2NO2S/c1-22-12-4-2-10(3-5-12)15-13(17)8-11(9-14(15)18)19-6-7-21-16(19)20/h2-9H,1H3. The van der Waals surface area contributed by atoms with Crippen LogP contribution in [0.15, 0.2) is 63.0 Å². The van der Waals surface area contributed by atoms with Gasteiger partial charge in [0.1, 0.15) is 17.9 Å². The SMILES string of the molecule is CSc1ccc(-c2c(F)cc(-n3ccoc3=O)cc2F)cc1. The third-order valence-electron chi connectivity index (χ3n) is 3.26. The molecule has 0 amide bonds. The molecule has 6 heteroatoms. The van der Waals surface area contributed by atoms with Crippen molar-refractivity contribution < 1.29 is 13.2 Å². The lowest BCUT2D eigenvalue weighted by atomic mass is 10.0. The van der Waals surface area contributed by atoms with Gasteiger partial charge in [0.2, 0.25) is 0 Å². The Bertz CT molecular complexity index is 845. The topological polar surface area (TPSA) is 35.1 Å². The van der Waals surface area contributed by atoms with Gasteiger partial charge in [-0.15, -0.1) is 11.8 Å². The number of nitrogens with zero attached hydrogens (tertiary/aromatic N) is 1. The Hall–Kier alpha value is -2.34. The first-order chi connectivity index (χ1) is 10.6. The highest BCUT2D eigenvalue weighted by molar-refractivity contribution is 7.98. The molecule has 2 aromatic carbocycles. The van der Waals surface area contributed by atoms with Crippen LogP contribution in [0.25, 0.3) is 16.8 Å². The first kappa shape index (κ1) is 14.6. The molecule has 3 aromatic rings. The third kappa shape index (κ3) is 2.57. The maximum Gasteiger partial charge on any atom is 0.423 e. The molecule has 112 valence electrons. The summed E-state index contributed by atoms with van der Waals surface area (Å²) in [6.07, 6.45) is 4.39. The Morgan fingerprint density at radius 2 is 1.73 bits per heavy atom. The van der Waals surface area contributed by atoms with Gasteiger partial charge < -0.3 is 4.42 Å². The molecule has 0 bridgehead atoms. The Morgan fingerprint density at radius 1 is 1.09 bits per heavy atom. The number of oxazole rings is 1. The highest BCUT2D eigenvalue weighted by Crippen LogP contribution is 2.29. The summed E-state index contributed by atoms with van der Waals surface area (Å²) in [6, 6.07) is 9.14. The number of aromatic nitrogens is 1. The van der Waals surface area contributed by atoms with Gasteiger partial charge in [-0.05, 0) is 36.1 Å². The molecular weight excluding hydrogens is 308 g/mol. The van der Waals surface area contributed by atoms with E-state index in [0.29, 0.717) is 5.56 Å². The molecule has 0 aliphatic carbocycles. The van der Waals surface area contributed by atoms with E-state index in [1.807, 2.05) is 6.26 Å². The van der Waals surface area contributed by atoms with E-state index in [1.165, 1.54) is 6.20 Å². The summed E-state index contributed by atoms with van der Waals surface area (Å²) >= 11 is 1.55. The zero-order valence-corrected chi connectivity index (χ0v) is 12.4. The van der Waals surface area contributed by atoms with Crippen molar-refractivity contribution >= 4 is 11.8 Å². The lowest BCUT2D eigenvalue weighted by Gasteiger charge is -2.09. The molecule has 1 heterocycles. The summed E-state index contributed by atoms with van der Waals surface area (Å²) in [5.41, 5.74) is 0.407. The molecule has 0 saturated carbocycles. The lowest BCUT2D eigenvalue weighted by molar-refractivity contribution is 0.503. The maximum absolute atomic E-state index is 14.3. The molecule has 0 atom stereocenters. The van der Waals surface area contributed by atoms with Crippen LogP contribution in [0.4, 0.5) is 8.78 Å². The van der Waals surface area contributed by atoms with Crippen molar-refractivity contribution in [1.82, 2.24) is 4.57 Å². The Morgan fingerprint density at radius 3 is 2.23 bits per heavy atom. The Labute approximate surface area is 129 Å². The second-order valence-corrected chi connectivity index (χ2v) is 5.43. The third-order valence-corrected chi connectivity index (χ3v) is 4.00. The van der Waals surface area contributed by atoms with E-state index in [0.717, 1.165) is 27.9 Å². The van der Waals surface area contributed by atoms with Crippen molar-refractivity contribution in [1.29, 1.82) is 0 Å². The van der Waals surface area contributed by atoms with E-state index in [1.54, 1.807) is 36.0 Å². The molecule has 3 nitrogen and oxygen atoms in total. The van der Waals surface area contributed by atoms with Crippen LogP contribution in [-0.2, 0) is 0 Å². The molecule has 0 saturated heterocycles. The van der Waals surface area contributed by atoms with Crippen molar-refractivity contribution in [2.24, 2.45) is 0 Å². The number of halogens is 2. The fraction of sp³-hybridized carbons (Fsp3) is 0.0625. The van der Waals surface area contributed by atoms with E-state index in [4.69, 9.17) is 0 Å². The normalized spacial score (nSPS) is 10.9. The summed E-state index contributed by atoms with van der Waals surface area (Å²) in [7, 11) is 0. The summed E-state index contributed by atoms with van der Waals surface area (Å²) in [5, 5.41) is 0. The fourth-order valence-electron chi connectivity index (χ4n) is 2.19. The smallest absolute Gasteiger partial charge is 0.416 e. The van der Waals surface area contributed by atoms with Crippen LogP contribution in [0.3, 0.4) is 0 Å². The number of hydrogen-bond acceptors (Lipinski definition) is 3. The Kier molecular flexibility index (Phi) is 3.85. The van der Waals surface area contributed by atoms with E-state index >= 15 is 0 Å². The van der Waals surface area contributed by atoms with Gasteiger partial charge in [0, 0.05) is 4.90 Å². The minimum Gasteiger partial charge on any atom is -0.416 e. The fourth-order valence-corrected chi connectivity index (χ4v) is 2.60. The number of hydrogen-bond donors (Lipinski definition) is 0. The average molecular weight is 319 g/mol. The molecule has 0 aliphatic heterocycles. The summed E-state index contributed by atoms with van der Waals surface area (Å²) in [4.78, 5) is 12.4. The summed E-state index contributed by atoms with van der Waals surface area (Å²) < 4.78 is 34.3. The second-order valence-electron chi connectivity index (χ2n) is 4.55. The number of benzene rings is 2. The van der Waals surface area contributed by atoms with E-state index in [2.05, 4.69) is 4.42 Å². The second kappa shape index (κ2) is 5.81. The molecule has 0 spiro atoms. The summed E-state index contributed by atoms with van der Waals surface area (Å²) in [6.45, 7) is 0. The summed E-state index contributed by atoms with van der Waals surface area (Å²) in [5.74, 6) is -2.17. The minimum absolute atomic E-state index is 0.0817. The van der Waals surface area contributed by atoms with Crippen molar-refractivity contribution in [2.75, 3.05) is 6.26 Å². The number of thioether (sulfide) groups is 1. The van der Waals surface area contributed by atoms with E-state index in [-0.39, 0.29) is 11.3 Å². The van der Waals surface area contributed by atoms with Gasteiger partial charge in [-0.2, -0.15) is 0 Å². The van der Waals surface area contributed by atoms with Crippen molar-refractivity contribution in [3.63, 3.8) is 0 Å². The van der Waals surface area contributed by atoms with Crippen LogP contribution in [0, 0.1) is 11.6 Å². The van der Waals surface area contributed by atoms with Crippen molar-refractivity contribution in [3.8, 4) is 16.8 Å². The molecular formula is C16H11F2NO2S. The van der Waals surface area contributed by atoms with Crippen LogP contribution in [0.2, 0.25) is 0 Å². The van der Waals surface area contributed by atoms with Gasteiger partial charge in [0.05, 0.1) is 17.4 Å². The van der Waals surface area contributed by atoms with Gasteiger partial charge in [-0.1, -0.05) is 12.1 Å². The first-order valence-corrected chi connectivity index (χ1v) is 7.62. The average Bonchev–Trinajstić information content (AvgIpc) is 2.93. The molecule has 0 fully saturated rings. The van der Waals surface area contributed by atoms with Crippen LogP contribution in [0.1, 0.15) is 0 Å². The largest absolute Gasteiger partial charge is 0.423 e. The van der Waals surface area contributed by atoms with Gasteiger partial charge in [-0.3, -0.25) is 0 Å². The van der Waals surface area contributed by atoms with Crippen LogP contribution >= 0.6 is 11.8 Å². The van der Waals surface area contributed by atoms with Crippen LogP contribution < -0.4 is 5.76 Å². The molecule has 0 aliphatic rings. The lowest BCUT2D eigenvalue weighted by Crippen LogP contribution is -2.11. The zero-order chi connectivity index (χ0) is 15.7. The van der Waals surface area contributed by atoms with Crippen molar-refractivity contribution in [3.05, 3.63) is 71.0 Å². The molecule has 0 N–H and O–H groups in total. The molecule has 3 rings (SSSR count). The predicted octanol–water partition coefficient (Wildman–Crippen LogP) is 4.10. The molecule has 1 aromatic heterocycles. The van der Waals surface area contributed by atoms with E-state index < -0.39 is 17.4 Å². The van der Waals surface area contributed by atoms with Crippen LogP contribution in [0.5, 0.6) is 0 Å². The zero-order valence-electron chi connectivity index (χ0n) is 11.5. The highest BCUT2D eigenvalue weighted by atomic mass is 32.2. The first-order valence-electron chi connectivity index (χ1n) is 6.40. The van der Waals surface area contributed by atoms with Gasteiger partial charge in [0.25, 0.3) is 0 Å². The quantitative estimate of drug-likeness (QED) is 0.682. The van der Waals surface area contributed by atoms with E-state index in [9.17, 15) is 13.6 Å². The monoisotopic (exact) mass is 319 g/mol. The van der Waals surface area contributed by atoms with Gasteiger partial charge in [0.15, 0.2) is 0 Å². The molecule has 0 radical (unpaired) electrons. The van der Waals surface area contributed by atoms with Crippen LogP contribution in [-0.4, -0.2) is 10.8 Å². The maximum atomic E-state index is 14.3. The predicted molar refractivity (Wildman–Crippen MR) is 81.4 cm³/mol. The Balaban J connectivity index is 2.10. The molecule has 0 unspecified atom stereocenters.